The molecule has 1 heterocycles. The number of aliphatic hydroxyl groups excluding tert-OH is 1. The first-order valence-electron chi connectivity index (χ1n) is 3.25. The monoisotopic (exact) mass is 297 g/mol. The Labute approximate surface area is 86.6 Å². The average molecular weight is 297 g/mol. The molecule has 1 aromatic rings. The van der Waals surface area contributed by atoms with Crippen LogP contribution in [0.3, 0.4) is 0 Å². The van der Waals surface area contributed by atoms with Crippen LogP contribution in [0.15, 0.2) is 12.3 Å². The Balaban J connectivity index is 3.15. The van der Waals surface area contributed by atoms with Crippen LogP contribution in [0.1, 0.15) is 11.7 Å². The maximum atomic E-state index is 13.1. The molecule has 0 spiro atoms. The molecular formula is C7H5FINO3. The Morgan fingerprint density at radius 2 is 2.31 bits per heavy atom. The van der Waals surface area contributed by atoms with Crippen molar-refractivity contribution >= 4 is 28.6 Å². The molecule has 0 aromatic carbocycles. The van der Waals surface area contributed by atoms with Crippen molar-refractivity contribution in [2.45, 2.75) is 6.10 Å². The molecule has 2 N–H and O–H groups in total. The van der Waals surface area contributed by atoms with Gasteiger partial charge in [0, 0.05) is 11.8 Å². The number of rotatable bonds is 2. The number of hydrogen-bond donors (Lipinski definition) is 2. The number of aliphatic carboxylic acids is 1. The zero-order chi connectivity index (χ0) is 10.0. The van der Waals surface area contributed by atoms with Crippen molar-refractivity contribution in [2.75, 3.05) is 0 Å². The number of carboxylic acid groups (broad SMARTS) is 1. The van der Waals surface area contributed by atoms with Gasteiger partial charge in [-0.05, 0) is 28.7 Å². The highest BCUT2D eigenvalue weighted by Crippen LogP contribution is 2.19. The molecule has 0 radical (unpaired) electrons. The minimum Gasteiger partial charge on any atom is -0.479 e. The summed E-state index contributed by atoms with van der Waals surface area (Å²) in [6, 6.07) is 1.14. The smallest absolute Gasteiger partial charge is 0.337 e. The van der Waals surface area contributed by atoms with Gasteiger partial charge in [-0.3, -0.25) is 0 Å². The lowest BCUT2D eigenvalue weighted by atomic mass is 10.1. The molecule has 0 aliphatic heterocycles. The SMILES string of the molecule is O=C(O)C(O)c1ccnc(I)c1F. The minimum atomic E-state index is -1.84. The maximum Gasteiger partial charge on any atom is 0.337 e. The lowest BCUT2D eigenvalue weighted by molar-refractivity contribution is -0.147. The van der Waals surface area contributed by atoms with Crippen LogP contribution in [-0.4, -0.2) is 21.2 Å². The standard InChI is InChI=1S/C7H5FINO3/c8-4-3(5(11)7(12)13)1-2-10-6(4)9/h1-2,5,11H,(H,12,13). The molecule has 1 atom stereocenters. The van der Waals surface area contributed by atoms with Crippen LogP contribution in [0.4, 0.5) is 4.39 Å². The van der Waals surface area contributed by atoms with Gasteiger partial charge >= 0.3 is 5.97 Å². The van der Waals surface area contributed by atoms with Gasteiger partial charge in [0.15, 0.2) is 11.9 Å². The molecule has 0 aliphatic carbocycles. The molecule has 0 saturated heterocycles. The molecular weight excluding hydrogens is 292 g/mol. The third kappa shape index (κ3) is 2.13. The van der Waals surface area contributed by atoms with Gasteiger partial charge in [0.1, 0.15) is 3.70 Å². The van der Waals surface area contributed by atoms with E-state index in [1.165, 1.54) is 6.20 Å². The van der Waals surface area contributed by atoms with Crippen molar-refractivity contribution < 1.29 is 19.4 Å². The van der Waals surface area contributed by atoms with E-state index < -0.39 is 17.9 Å². The lowest BCUT2D eigenvalue weighted by Crippen LogP contribution is -2.13. The summed E-state index contributed by atoms with van der Waals surface area (Å²) in [6.45, 7) is 0. The van der Waals surface area contributed by atoms with Gasteiger partial charge < -0.3 is 10.2 Å². The molecule has 70 valence electrons. The normalized spacial score (nSPS) is 12.5. The van der Waals surface area contributed by atoms with Gasteiger partial charge in [-0.25, -0.2) is 14.2 Å². The molecule has 4 nitrogen and oxygen atoms in total. The topological polar surface area (TPSA) is 70.4 Å². The van der Waals surface area contributed by atoms with Gasteiger partial charge in [0.2, 0.25) is 0 Å². The molecule has 0 aliphatic rings. The fourth-order valence-electron chi connectivity index (χ4n) is 0.776. The van der Waals surface area contributed by atoms with Crippen molar-refractivity contribution in [3.05, 3.63) is 27.3 Å². The summed E-state index contributed by atoms with van der Waals surface area (Å²) < 4.78 is 13.2. The van der Waals surface area contributed by atoms with Crippen molar-refractivity contribution in [1.82, 2.24) is 4.98 Å². The largest absolute Gasteiger partial charge is 0.479 e. The van der Waals surface area contributed by atoms with Crippen LogP contribution in [-0.2, 0) is 4.79 Å². The number of pyridine rings is 1. The van der Waals surface area contributed by atoms with Crippen molar-refractivity contribution in [3.8, 4) is 0 Å². The summed E-state index contributed by atoms with van der Waals surface area (Å²) in [5.74, 6) is -2.28. The highest BCUT2D eigenvalue weighted by molar-refractivity contribution is 14.1. The number of carboxylic acids is 1. The summed E-state index contributed by atoms with van der Waals surface area (Å²) in [5, 5.41) is 17.4. The number of aromatic nitrogens is 1. The third-order valence-electron chi connectivity index (χ3n) is 1.41. The lowest BCUT2D eigenvalue weighted by Gasteiger charge is -2.06. The van der Waals surface area contributed by atoms with Crippen LogP contribution in [0.2, 0.25) is 0 Å². The van der Waals surface area contributed by atoms with Crippen molar-refractivity contribution in [1.29, 1.82) is 0 Å². The highest BCUT2D eigenvalue weighted by Gasteiger charge is 2.21. The van der Waals surface area contributed by atoms with Crippen molar-refractivity contribution in [3.63, 3.8) is 0 Å². The maximum absolute atomic E-state index is 13.1. The minimum absolute atomic E-state index is 0.0374. The molecule has 1 unspecified atom stereocenters. The van der Waals surface area contributed by atoms with E-state index in [-0.39, 0.29) is 9.26 Å². The van der Waals surface area contributed by atoms with Crippen LogP contribution in [0, 0.1) is 9.52 Å². The highest BCUT2D eigenvalue weighted by atomic mass is 127. The fourth-order valence-corrected chi connectivity index (χ4v) is 1.25. The predicted octanol–water partition coefficient (Wildman–Crippen LogP) is 0.943. The average Bonchev–Trinajstić information content (AvgIpc) is 2.08. The van der Waals surface area contributed by atoms with Gasteiger partial charge in [-0.2, -0.15) is 0 Å². The number of nitrogens with zero attached hydrogens (tertiary/aromatic N) is 1. The van der Waals surface area contributed by atoms with E-state index in [1.54, 1.807) is 22.6 Å². The number of carbonyl (C=O) groups is 1. The Hall–Kier alpha value is -0.760. The number of halogens is 2. The summed E-state index contributed by atoms with van der Waals surface area (Å²) in [6.07, 6.45) is -0.594. The second kappa shape index (κ2) is 3.97. The Morgan fingerprint density at radius 3 is 2.85 bits per heavy atom. The van der Waals surface area contributed by atoms with E-state index in [1.807, 2.05) is 0 Å². The van der Waals surface area contributed by atoms with Gasteiger partial charge in [-0.15, -0.1) is 0 Å². The van der Waals surface area contributed by atoms with E-state index in [2.05, 4.69) is 4.98 Å². The first-order valence-corrected chi connectivity index (χ1v) is 4.32. The molecule has 13 heavy (non-hydrogen) atoms. The molecule has 1 aromatic heterocycles. The second-order valence-electron chi connectivity index (χ2n) is 2.25. The van der Waals surface area contributed by atoms with Crippen LogP contribution in [0.25, 0.3) is 0 Å². The molecule has 6 heteroatoms. The molecule has 0 saturated carbocycles. The molecule has 0 amide bonds. The van der Waals surface area contributed by atoms with Crippen LogP contribution >= 0.6 is 22.6 Å². The predicted molar refractivity (Wildman–Crippen MR) is 49.5 cm³/mol. The van der Waals surface area contributed by atoms with Gasteiger partial charge in [0.25, 0.3) is 0 Å². The van der Waals surface area contributed by atoms with E-state index >= 15 is 0 Å². The summed E-state index contributed by atoms with van der Waals surface area (Å²) in [5.41, 5.74) is -0.271. The van der Waals surface area contributed by atoms with Crippen molar-refractivity contribution in [2.24, 2.45) is 0 Å². The summed E-state index contributed by atoms with van der Waals surface area (Å²) in [7, 11) is 0. The number of aliphatic hydroxyl groups is 1. The zero-order valence-electron chi connectivity index (χ0n) is 6.24. The zero-order valence-corrected chi connectivity index (χ0v) is 8.40. The van der Waals surface area contributed by atoms with E-state index in [4.69, 9.17) is 10.2 Å². The fraction of sp³-hybridized carbons (Fsp3) is 0.143. The van der Waals surface area contributed by atoms with Gasteiger partial charge in [-0.1, -0.05) is 0 Å². The Kier molecular flexibility index (Phi) is 3.15. The molecule has 0 fully saturated rings. The van der Waals surface area contributed by atoms with Crippen LogP contribution < -0.4 is 0 Å². The van der Waals surface area contributed by atoms with Crippen LogP contribution in [0.5, 0.6) is 0 Å². The first-order chi connectivity index (χ1) is 6.04. The molecule has 0 bridgehead atoms. The summed E-state index contributed by atoms with van der Waals surface area (Å²) in [4.78, 5) is 13.9. The summed E-state index contributed by atoms with van der Waals surface area (Å²) >= 11 is 1.62. The molecule has 1 rings (SSSR count). The quantitative estimate of drug-likeness (QED) is 0.629. The van der Waals surface area contributed by atoms with Gasteiger partial charge in [0.05, 0.1) is 0 Å². The Bertz CT molecular complexity index is 345. The van der Waals surface area contributed by atoms with E-state index in [9.17, 15) is 9.18 Å². The first kappa shape index (κ1) is 10.3. The second-order valence-corrected chi connectivity index (χ2v) is 3.27. The third-order valence-corrected chi connectivity index (χ3v) is 2.16. The van der Waals surface area contributed by atoms with E-state index in [0.29, 0.717) is 0 Å². The van der Waals surface area contributed by atoms with E-state index in [0.717, 1.165) is 6.07 Å². The Morgan fingerprint density at radius 1 is 1.69 bits per heavy atom. The number of hydrogen-bond acceptors (Lipinski definition) is 3.